The van der Waals surface area contributed by atoms with Gasteiger partial charge in [0.25, 0.3) is 5.91 Å². The molecule has 3 nitrogen and oxygen atoms in total. The van der Waals surface area contributed by atoms with Crippen LogP contribution in [0.1, 0.15) is 15.2 Å². The fourth-order valence-electron chi connectivity index (χ4n) is 1.43. The number of hydrogen-bond donors (Lipinski definition) is 2. The van der Waals surface area contributed by atoms with E-state index in [9.17, 15) is 4.79 Å². The van der Waals surface area contributed by atoms with Crippen LogP contribution in [0.3, 0.4) is 0 Å². The predicted molar refractivity (Wildman–Crippen MR) is 82.3 cm³/mol. The molecular weight excluding hydrogens is 332 g/mol. The van der Waals surface area contributed by atoms with Gasteiger partial charge in [0, 0.05) is 5.56 Å². The summed E-state index contributed by atoms with van der Waals surface area (Å²) in [6.07, 6.45) is 0. The van der Waals surface area contributed by atoms with Crippen LogP contribution in [0, 0.1) is 0 Å². The molecule has 0 spiro atoms. The lowest BCUT2D eigenvalue weighted by Crippen LogP contribution is -2.16. The van der Waals surface area contributed by atoms with E-state index in [-0.39, 0.29) is 10.9 Å². The molecule has 0 atom stereocenters. The van der Waals surface area contributed by atoms with Gasteiger partial charge in [-0.3, -0.25) is 4.79 Å². The van der Waals surface area contributed by atoms with Crippen LogP contribution in [0.15, 0.2) is 40.2 Å². The minimum absolute atomic E-state index is 0.172. The van der Waals surface area contributed by atoms with E-state index in [1.54, 1.807) is 18.2 Å². The molecule has 92 valence electrons. The third kappa shape index (κ3) is 2.95. The molecule has 1 amide bonds. The average molecular weight is 341 g/mol. The molecule has 0 aliphatic heterocycles. The highest BCUT2D eigenvalue weighted by molar-refractivity contribution is 9.11. The van der Waals surface area contributed by atoms with Gasteiger partial charge in [0.15, 0.2) is 0 Å². The summed E-state index contributed by atoms with van der Waals surface area (Å²) >= 11 is 9.64. The van der Waals surface area contributed by atoms with Crippen LogP contribution in [-0.2, 0) is 0 Å². The second-order valence-electron chi connectivity index (χ2n) is 3.47. The van der Waals surface area contributed by atoms with E-state index in [0.29, 0.717) is 16.1 Å². The maximum absolute atomic E-state index is 12.0. The standard InChI is InChI=1S/C12H9BrN2OS2/c13-10-6-5-9(18-10)12(16)15-8-4-2-1-3-7(8)11(14)17/h1-6H,(H2,14,17)(H,15,16). The molecule has 2 rings (SSSR count). The normalized spacial score (nSPS) is 10.1. The van der Waals surface area contributed by atoms with Crippen molar-refractivity contribution < 1.29 is 4.79 Å². The molecule has 0 aliphatic rings. The number of thiophene rings is 1. The van der Waals surface area contributed by atoms with Crippen LogP contribution in [0.4, 0.5) is 5.69 Å². The van der Waals surface area contributed by atoms with E-state index in [0.717, 1.165) is 3.79 Å². The molecule has 2 aromatic rings. The summed E-state index contributed by atoms with van der Waals surface area (Å²) in [5.74, 6) is -0.172. The van der Waals surface area contributed by atoms with Gasteiger partial charge in [-0.15, -0.1) is 11.3 Å². The highest BCUT2D eigenvalue weighted by atomic mass is 79.9. The number of carbonyl (C=O) groups excluding carboxylic acids is 1. The Bertz CT molecular complexity index is 610. The molecular formula is C12H9BrN2OS2. The maximum Gasteiger partial charge on any atom is 0.265 e. The average Bonchev–Trinajstić information content (AvgIpc) is 2.76. The largest absolute Gasteiger partial charge is 0.389 e. The van der Waals surface area contributed by atoms with E-state index in [1.807, 2.05) is 18.2 Å². The van der Waals surface area contributed by atoms with Crippen LogP contribution in [0.2, 0.25) is 0 Å². The van der Waals surface area contributed by atoms with Crippen molar-refractivity contribution in [1.82, 2.24) is 0 Å². The number of hydrogen-bond acceptors (Lipinski definition) is 3. The van der Waals surface area contributed by atoms with Crippen LogP contribution in [-0.4, -0.2) is 10.9 Å². The molecule has 18 heavy (non-hydrogen) atoms. The Kier molecular flexibility index (Phi) is 4.11. The summed E-state index contributed by atoms with van der Waals surface area (Å²) in [5.41, 5.74) is 6.90. The Morgan fingerprint density at radius 2 is 2.00 bits per heavy atom. The van der Waals surface area contributed by atoms with Crippen LogP contribution < -0.4 is 11.1 Å². The highest BCUT2D eigenvalue weighted by Gasteiger charge is 2.11. The van der Waals surface area contributed by atoms with E-state index in [2.05, 4.69) is 21.2 Å². The van der Waals surface area contributed by atoms with Crippen molar-refractivity contribution in [2.45, 2.75) is 0 Å². The molecule has 1 heterocycles. The molecule has 0 unspecified atom stereocenters. The summed E-state index contributed by atoms with van der Waals surface area (Å²) in [7, 11) is 0. The minimum atomic E-state index is -0.172. The molecule has 0 saturated heterocycles. The summed E-state index contributed by atoms with van der Waals surface area (Å²) in [4.78, 5) is 12.9. The lowest BCUT2D eigenvalue weighted by atomic mass is 10.2. The molecule has 1 aromatic carbocycles. The molecule has 0 saturated carbocycles. The number of amides is 1. The monoisotopic (exact) mass is 340 g/mol. The molecule has 3 N–H and O–H groups in total. The summed E-state index contributed by atoms with van der Waals surface area (Å²) in [6, 6.07) is 10.8. The predicted octanol–water partition coefficient (Wildman–Crippen LogP) is 3.40. The zero-order valence-electron chi connectivity index (χ0n) is 9.14. The molecule has 0 fully saturated rings. The van der Waals surface area contributed by atoms with Crippen LogP contribution in [0.25, 0.3) is 0 Å². The van der Waals surface area contributed by atoms with E-state index >= 15 is 0 Å². The van der Waals surface area contributed by atoms with Gasteiger partial charge in [-0.2, -0.15) is 0 Å². The zero-order valence-corrected chi connectivity index (χ0v) is 12.4. The maximum atomic E-state index is 12.0. The number of nitrogens with one attached hydrogen (secondary N) is 1. The fourth-order valence-corrected chi connectivity index (χ4v) is 2.89. The first kappa shape index (κ1) is 13.2. The van der Waals surface area contributed by atoms with Crippen LogP contribution in [0.5, 0.6) is 0 Å². The Morgan fingerprint density at radius 3 is 2.61 bits per heavy atom. The minimum Gasteiger partial charge on any atom is -0.389 e. The first-order valence-electron chi connectivity index (χ1n) is 5.03. The van der Waals surface area contributed by atoms with Gasteiger partial charge in [-0.05, 0) is 40.2 Å². The Morgan fingerprint density at radius 1 is 1.28 bits per heavy atom. The van der Waals surface area contributed by atoms with Gasteiger partial charge < -0.3 is 11.1 Å². The quantitative estimate of drug-likeness (QED) is 0.842. The first-order valence-corrected chi connectivity index (χ1v) is 7.05. The van der Waals surface area contributed by atoms with E-state index < -0.39 is 0 Å². The third-order valence-corrected chi connectivity index (χ3v) is 4.08. The van der Waals surface area contributed by atoms with Crippen molar-refractivity contribution >= 4 is 56.1 Å². The van der Waals surface area contributed by atoms with Crippen molar-refractivity contribution in [2.24, 2.45) is 5.73 Å². The van der Waals surface area contributed by atoms with Gasteiger partial charge in [0.1, 0.15) is 4.99 Å². The summed E-state index contributed by atoms with van der Waals surface area (Å²) in [5, 5.41) is 2.80. The van der Waals surface area contributed by atoms with Crippen molar-refractivity contribution in [1.29, 1.82) is 0 Å². The Labute approximate surface area is 122 Å². The van der Waals surface area contributed by atoms with Gasteiger partial charge in [0.2, 0.25) is 0 Å². The second kappa shape index (κ2) is 5.60. The number of nitrogens with two attached hydrogens (primary N) is 1. The lowest BCUT2D eigenvalue weighted by Gasteiger charge is -2.08. The number of rotatable bonds is 3. The van der Waals surface area contributed by atoms with E-state index in [1.165, 1.54) is 11.3 Å². The molecule has 0 radical (unpaired) electrons. The molecule has 1 aromatic heterocycles. The third-order valence-electron chi connectivity index (χ3n) is 2.24. The van der Waals surface area contributed by atoms with Gasteiger partial charge in [-0.1, -0.05) is 24.4 Å². The van der Waals surface area contributed by atoms with Gasteiger partial charge >= 0.3 is 0 Å². The van der Waals surface area contributed by atoms with Crippen molar-refractivity contribution in [3.8, 4) is 0 Å². The zero-order chi connectivity index (χ0) is 13.1. The highest BCUT2D eigenvalue weighted by Crippen LogP contribution is 2.23. The number of carbonyl (C=O) groups is 1. The number of thiocarbonyl (C=S) groups is 1. The van der Waals surface area contributed by atoms with E-state index in [4.69, 9.17) is 18.0 Å². The Balaban J connectivity index is 2.24. The first-order chi connectivity index (χ1) is 8.58. The molecule has 0 aliphatic carbocycles. The van der Waals surface area contributed by atoms with Crippen molar-refractivity contribution in [3.63, 3.8) is 0 Å². The SMILES string of the molecule is NC(=S)c1ccccc1NC(=O)c1ccc(Br)s1. The smallest absolute Gasteiger partial charge is 0.265 e. The molecule has 0 bridgehead atoms. The molecule has 6 heteroatoms. The van der Waals surface area contributed by atoms with Gasteiger partial charge in [0.05, 0.1) is 14.4 Å². The topological polar surface area (TPSA) is 55.1 Å². The fraction of sp³-hybridized carbons (Fsp3) is 0. The second-order valence-corrected chi connectivity index (χ2v) is 6.37. The number of para-hydroxylation sites is 1. The van der Waals surface area contributed by atoms with Crippen molar-refractivity contribution in [2.75, 3.05) is 5.32 Å². The lowest BCUT2D eigenvalue weighted by molar-refractivity contribution is 0.103. The van der Waals surface area contributed by atoms with Crippen molar-refractivity contribution in [3.05, 3.63) is 50.6 Å². The van der Waals surface area contributed by atoms with Crippen LogP contribution >= 0.6 is 39.5 Å². The number of anilines is 1. The number of benzene rings is 1. The van der Waals surface area contributed by atoms with Gasteiger partial charge in [-0.25, -0.2) is 0 Å². The summed E-state index contributed by atoms with van der Waals surface area (Å²) in [6.45, 7) is 0. The Hall–Kier alpha value is -1.24. The summed E-state index contributed by atoms with van der Waals surface area (Å²) < 4.78 is 0.912. The number of halogens is 1.